The number of nitrogens with one attached hydrogen (secondary N) is 1. The van der Waals surface area contributed by atoms with E-state index >= 15 is 0 Å². The SMILES string of the molecule is CNC.NC(=O)/C=C/c1ccccc1. The molecule has 0 saturated carbocycles. The normalized spacial score (nSPS) is 9.29. The fraction of sp³-hybridized carbons (Fsp3) is 0.182. The van der Waals surface area contributed by atoms with Crippen LogP contribution < -0.4 is 11.1 Å². The van der Waals surface area contributed by atoms with Crippen molar-refractivity contribution in [2.75, 3.05) is 14.1 Å². The molecular weight excluding hydrogens is 176 g/mol. The molecule has 0 aliphatic rings. The molecule has 3 N–H and O–H groups in total. The zero-order chi connectivity index (χ0) is 10.8. The summed E-state index contributed by atoms with van der Waals surface area (Å²) in [6, 6.07) is 9.53. The van der Waals surface area contributed by atoms with Gasteiger partial charge in [0.15, 0.2) is 0 Å². The summed E-state index contributed by atoms with van der Waals surface area (Å²) in [5, 5.41) is 2.75. The van der Waals surface area contributed by atoms with Crippen molar-refractivity contribution in [3.63, 3.8) is 0 Å². The first-order chi connectivity index (χ1) is 6.70. The standard InChI is InChI=1S/C9H9NO.C2H7N/c10-9(11)7-6-8-4-2-1-3-5-8;1-3-2/h1-7H,(H2,10,11);3H,1-2H3/b7-6+;. The lowest BCUT2D eigenvalue weighted by Crippen LogP contribution is -2.04. The van der Waals surface area contributed by atoms with Gasteiger partial charge in [0.25, 0.3) is 0 Å². The summed E-state index contributed by atoms with van der Waals surface area (Å²) in [4.78, 5) is 10.3. The number of rotatable bonds is 2. The van der Waals surface area contributed by atoms with E-state index in [4.69, 9.17) is 5.73 Å². The van der Waals surface area contributed by atoms with Crippen molar-refractivity contribution in [3.05, 3.63) is 42.0 Å². The predicted molar refractivity (Wildman–Crippen MR) is 59.7 cm³/mol. The fourth-order valence-electron chi connectivity index (χ4n) is 0.743. The van der Waals surface area contributed by atoms with E-state index < -0.39 is 5.91 Å². The molecule has 0 fully saturated rings. The molecule has 0 radical (unpaired) electrons. The van der Waals surface area contributed by atoms with Crippen LogP contribution >= 0.6 is 0 Å². The Morgan fingerprint density at radius 1 is 1.29 bits per heavy atom. The van der Waals surface area contributed by atoms with Gasteiger partial charge in [-0.1, -0.05) is 30.3 Å². The maximum atomic E-state index is 10.3. The molecule has 3 nitrogen and oxygen atoms in total. The lowest BCUT2D eigenvalue weighted by Gasteiger charge is -1.88. The van der Waals surface area contributed by atoms with Crippen LogP contribution in [-0.2, 0) is 4.79 Å². The van der Waals surface area contributed by atoms with E-state index in [1.54, 1.807) is 6.08 Å². The van der Waals surface area contributed by atoms with Crippen LogP contribution in [0.1, 0.15) is 5.56 Å². The van der Waals surface area contributed by atoms with Crippen molar-refractivity contribution in [1.29, 1.82) is 0 Å². The zero-order valence-corrected chi connectivity index (χ0v) is 8.53. The van der Waals surface area contributed by atoms with Crippen molar-refractivity contribution in [3.8, 4) is 0 Å². The second kappa shape index (κ2) is 8.01. The third kappa shape index (κ3) is 7.06. The number of hydrogen-bond acceptors (Lipinski definition) is 2. The lowest BCUT2D eigenvalue weighted by molar-refractivity contribution is -0.113. The smallest absolute Gasteiger partial charge is 0.241 e. The van der Waals surface area contributed by atoms with Gasteiger partial charge in [-0.25, -0.2) is 0 Å². The number of amides is 1. The highest BCUT2D eigenvalue weighted by atomic mass is 16.1. The number of carbonyl (C=O) groups excluding carboxylic acids is 1. The highest BCUT2D eigenvalue weighted by Crippen LogP contribution is 1.99. The Hall–Kier alpha value is -1.61. The van der Waals surface area contributed by atoms with Crippen molar-refractivity contribution in [1.82, 2.24) is 5.32 Å². The van der Waals surface area contributed by atoms with E-state index in [-0.39, 0.29) is 0 Å². The Morgan fingerprint density at radius 2 is 1.79 bits per heavy atom. The maximum absolute atomic E-state index is 10.3. The molecule has 3 heteroatoms. The summed E-state index contributed by atoms with van der Waals surface area (Å²) in [5.41, 5.74) is 5.89. The zero-order valence-electron chi connectivity index (χ0n) is 8.53. The molecule has 1 aromatic carbocycles. The van der Waals surface area contributed by atoms with Crippen LogP contribution in [0.2, 0.25) is 0 Å². The van der Waals surface area contributed by atoms with E-state index in [1.165, 1.54) is 6.08 Å². The van der Waals surface area contributed by atoms with Crippen LogP contribution in [0.5, 0.6) is 0 Å². The van der Waals surface area contributed by atoms with Crippen LogP contribution in [0.15, 0.2) is 36.4 Å². The molecule has 1 amide bonds. The predicted octanol–water partition coefficient (Wildman–Crippen LogP) is 1.02. The minimum absolute atomic E-state index is 0.422. The summed E-state index contributed by atoms with van der Waals surface area (Å²) < 4.78 is 0. The summed E-state index contributed by atoms with van der Waals surface area (Å²) in [6.45, 7) is 0. The molecule has 14 heavy (non-hydrogen) atoms. The maximum Gasteiger partial charge on any atom is 0.241 e. The quantitative estimate of drug-likeness (QED) is 0.687. The van der Waals surface area contributed by atoms with Crippen LogP contribution in [0, 0.1) is 0 Å². The molecule has 0 aromatic heterocycles. The number of hydrogen-bond donors (Lipinski definition) is 2. The second-order valence-electron chi connectivity index (χ2n) is 2.65. The number of primary amides is 1. The molecule has 0 heterocycles. The highest BCUT2D eigenvalue weighted by molar-refractivity contribution is 5.90. The third-order valence-corrected chi connectivity index (χ3v) is 1.24. The minimum atomic E-state index is -0.422. The molecule has 0 bridgehead atoms. The van der Waals surface area contributed by atoms with Crippen LogP contribution in [0.3, 0.4) is 0 Å². The van der Waals surface area contributed by atoms with Gasteiger partial charge in [0.2, 0.25) is 5.91 Å². The van der Waals surface area contributed by atoms with Gasteiger partial charge in [-0.3, -0.25) is 4.79 Å². The largest absolute Gasteiger partial charge is 0.366 e. The second-order valence-corrected chi connectivity index (χ2v) is 2.65. The fourth-order valence-corrected chi connectivity index (χ4v) is 0.743. The number of carbonyl (C=O) groups is 1. The molecule has 0 aliphatic carbocycles. The van der Waals surface area contributed by atoms with E-state index in [0.717, 1.165) is 5.56 Å². The van der Waals surface area contributed by atoms with Crippen LogP contribution in [0.4, 0.5) is 0 Å². The Kier molecular flexibility index (Phi) is 7.09. The third-order valence-electron chi connectivity index (χ3n) is 1.24. The van der Waals surface area contributed by atoms with E-state index in [1.807, 2.05) is 44.4 Å². The average molecular weight is 192 g/mol. The monoisotopic (exact) mass is 192 g/mol. The Balaban J connectivity index is 0.000000500. The van der Waals surface area contributed by atoms with Crippen molar-refractivity contribution in [2.45, 2.75) is 0 Å². The van der Waals surface area contributed by atoms with Gasteiger partial charge < -0.3 is 11.1 Å². The van der Waals surface area contributed by atoms with Gasteiger partial charge in [-0.15, -0.1) is 0 Å². The molecule has 0 spiro atoms. The Morgan fingerprint density at radius 3 is 2.21 bits per heavy atom. The topological polar surface area (TPSA) is 55.1 Å². The van der Waals surface area contributed by atoms with Gasteiger partial charge in [0.1, 0.15) is 0 Å². The summed E-state index contributed by atoms with van der Waals surface area (Å²) in [5.74, 6) is -0.422. The van der Waals surface area contributed by atoms with Crippen molar-refractivity contribution in [2.24, 2.45) is 5.73 Å². The average Bonchev–Trinajstić information content (AvgIpc) is 2.18. The molecule has 0 unspecified atom stereocenters. The van der Waals surface area contributed by atoms with E-state index in [9.17, 15) is 4.79 Å². The van der Waals surface area contributed by atoms with Crippen molar-refractivity contribution < 1.29 is 4.79 Å². The first-order valence-corrected chi connectivity index (χ1v) is 4.31. The Labute approximate surface area is 84.6 Å². The van der Waals surface area contributed by atoms with E-state index in [0.29, 0.717) is 0 Å². The van der Waals surface area contributed by atoms with Crippen LogP contribution in [0.25, 0.3) is 6.08 Å². The molecule has 0 saturated heterocycles. The highest BCUT2D eigenvalue weighted by Gasteiger charge is 1.84. The lowest BCUT2D eigenvalue weighted by atomic mass is 10.2. The van der Waals surface area contributed by atoms with Crippen molar-refractivity contribution >= 4 is 12.0 Å². The molecule has 0 atom stereocenters. The molecule has 1 aromatic rings. The molecule has 76 valence electrons. The Bertz CT molecular complexity index is 281. The molecule has 0 aliphatic heterocycles. The van der Waals surface area contributed by atoms with Gasteiger partial charge in [0.05, 0.1) is 0 Å². The van der Waals surface area contributed by atoms with Crippen LogP contribution in [-0.4, -0.2) is 20.0 Å². The summed E-state index contributed by atoms with van der Waals surface area (Å²) in [7, 11) is 3.75. The first-order valence-electron chi connectivity index (χ1n) is 4.31. The van der Waals surface area contributed by atoms with E-state index in [2.05, 4.69) is 5.32 Å². The molecule has 1 rings (SSSR count). The first kappa shape index (κ1) is 12.4. The number of nitrogens with two attached hydrogens (primary N) is 1. The van der Waals surface area contributed by atoms with Gasteiger partial charge >= 0.3 is 0 Å². The van der Waals surface area contributed by atoms with Gasteiger partial charge in [-0.2, -0.15) is 0 Å². The van der Waals surface area contributed by atoms with Gasteiger partial charge in [-0.05, 0) is 25.7 Å². The van der Waals surface area contributed by atoms with Gasteiger partial charge in [0, 0.05) is 6.08 Å². The number of benzene rings is 1. The summed E-state index contributed by atoms with van der Waals surface area (Å²) >= 11 is 0. The minimum Gasteiger partial charge on any atom is -0.366 e. The molecular formula is C11H16N2O. The summed E-state index contributed by atoms with van der Waals surface area (Å²) in [6.07, 6.45) is 3.03.